The van der Waals surface area contributed by atoms with Crippen LogP contribution in [0, 0.1) is 0 Å². The minimum Gasteiger partial charge on any atom is -0.381 e. The fraction of sp³-hybridized carbons (Fsp3) is 0.450. The summed E-state index contributed by atoms with van der Waals surface area (Å²) in [5.74, 6) is 1.77. The standard InChI is InChI=1S/C20H26N4O2/c1-4-26-13-11-18(25)24-12-10-16-17(14-24)21-19(22-20(16)23(2)3)15-8-6-5-7-9-15/h5-9H,4,10-14H2,1-3H3. The lowest BCUT2D eigenvalue weighted by atomic mass is 10.0. The Kier molecular flexibility index (Phi) is 5.83. The van der Waals surface area contributed by atoms with Gasteiger partial charge in [-0.05, 0) is 13.3 Å². The number of aromatic nitrogens is 2. The normalized spacial score (nSPS) is 13.4. The van der Waals surface area contributed by atoms with Crippen molar-refractivity contribution >= 4 is 11.7 Å². The first-order valence-electron chi connectivity index (χ1n) is 9.08. The number of carbonyl (C=O) groups is 1. The third kappa shape index (κ3) is 4.02. The first-order valence-corrected chi connectivity index (χ1v) is 9.08. The zero-order chi connectivity index (χ0) is 18.5. The number of rotatable bonds is 6. The lowest BCUT2D eigenvalue weighted by Crippen LogP contribution is -2.37. The van der Waals surface area contributed by atoms with Crippen LogP contribution < -0.4 is 4.90 Å². The molecule has 1 aliphatic heterocycles. The highest BCUT2D eigenvalue weighted by Gasteiger charge is 2.26. The Morgan fingerprint density at radius 2 is 2.00 bits per heavy atom. The summed E-state index contributed by atoms with van der Waals surface area (Å²) in [6.07, 6.45) is 1.19. The molecule has 138 valence electrons. The molecule has 3 rings (SSSR count). The van der Waals surface area contributed by atoms with E-state index in [1.54, 1.807) is 0 Å². The van der Waals surface area contributed by atoms with Crippen LogP contribution in [-0.4, -0.2) is 54.6 Å². The van der Waals surface area contributed by atoms with Gasteiger partial charge in [-0.3, -0.25) is 4.79 Å². The number of ether oxygens (including phenoxy) is 1. The van der Waals surface area contributed by atoms with Crippen LogP contribution in [0.5, 0.6) is 0 Å². The molecule has 6 heteroatoms. The van der Waals surface area contributed by atoms with Crippen molar-refractivity contribution in [2.24, 2.45) is 0 Å². The first kappa shape index (κ1) is 18.3. The van der Waals surface area contributed by atoms with E-state index in [-0.39, 0.29) is 5.91 Å². The van der Waals surface area contributed by atoms with Gasteiger partial charge in [-0.1, -0.05) is 30.3 Å². The second-order valence-electron chi connectivity index (χ2n) is 6.57. The van der Waals surface area contributed by atoms with E-state index in [9.17, 15) is 4.79 Å². The topological polar surface area (TPSA) is 58.6 Å². The molecule has 0 bridgehead atoms. The number of nitrogens with zero attached hydrogens (tertiary/aromatic N) is 4. The molecule has 1 aliphatic rings. The molecule has 2 aromatic rings. The Morgan fingerprint density at radius 3 is 2.69 bits per heavy atom. The van der Waals surface area contributed by atoms with Crippen molar-refractivity contribution < 1.29 is 9.53 Å². The van der Waals surface area contributed by atoms with Crippen LogP contribution in [0.1, 0.15) is 24.6 Å². The van der Waals surface area contributed by atoms with Crippen molar-refractivity contribution in [2.75, 3.05) is 38.8 Å². The minimum absolute atomic E-state index is 0.121. The largest absolute Gasteiger partial charge is 0.381 e. The lowest BCUT2D eigenvalue weighted by molar-refractivity contribution is -0.133. The average molecular weight is 354 g/mol. The van der Waals surface area contributed by atoms with Crippen molar-refractivity contribution in [1.29, 1.82) is 0 Å². The van der Waals surface area contributed by atoms with Crippen LogP contribution in [0.3, 0.4) is 0 Å². The maximum atomic E-state index is 12.4. The summed E-state index contributed by atoms with van der Waals surface area (Å²) in [7, 11) is 3.99. The van der Waals surface area contributed by atoms with Gasteiger partial charge in [0.15, 0.2) is 5.82 Å². The molecule has 0 unspecified atom stereocenters. The van der Waals surface area contributed by atoms with Gasteiger partial charge in [0, 0.05) is 38.4 Å². The molecular formula is C20H26N4O2. The highest BCUT2D eigenvalue weighted by Crippen LogP contribution is 2.28. The number of carbonyl (C=O) groups excluding carboxylic acids is 1. The molecule has 6 nitrogen and oxygen atoms in total. The average Bonchev–Trinajstić information content (AvgIpc) is 2.67. The van der Waals surface area contributed by atoms with Crippen molar-refractivity contribution in [3.8, 4) is 11.4 Å². The van der Waals surface area contributed by atoms with Gasteiger partial charge in [-0.15, -0.1) is 0 Å². The van der Waals surface area contributed by atoms with Gasteiger partial charge in [0.1, 0.15) is 5.82 Å². The fourth-order valence-corrected chi connectivity index (χ4v) is 3.17. The molecule has 1 aromatic heterocycles. The van der Waals surface area contributed by atoms with Gasteiger partial charge in [0.2, 0.25) is 5.91 Å². The Bertz CT molecular complexity index is 762. The summed E-state index contributed by atoms with van der Waals surface area (Å²) < 4.78 is 5.31. The zero-order valence-corrected chi connectivity index (χ0v) is 15.7. The minimum atomic E-state index is 0.121. The summed E-state index contributed by atoms with van der Waals surface area (Å²) in [6.45, 7) is 4.28. The smallest absolute Gasteiger partial charge is 0.225 e. The van der Waals surface area contributed by atoms with Crippen molar-refractivity contribution in [1.82, 2.24) is 14.9 Å². The highest BCUT2D eigenvalue weighted by molar-refractivity contribution is 5.77. The monoisotopic (exact) mass is 354 g/mol. The molecule has 1 amide bonds. The number of amides is 1. The van der Waals surface area contributed by atoms with E-state index in [1.165, 1.54) is 0 Å². The second kappa shape index (κ2) is 8.27. The second-order valence-corrected chi connectivity index (χ2v) is 6.57. The Hall–Kier alpha value is -2.47. The Balaban J connectivity index is 1.88. The van der Waals surface area contributed by atoms with Crippen LogP contribution in [0.25, 0.3) is 11.4 Å². The molecule has 0 N–H and O–H groups in total. The molecular weight excluding hydrogens is 328 g/mol. The first-order chi connectivity index (χ1) is 12.6. The molecule has 1 aromatic carbocycles. The molecule has 26 heavy (non-hydrogen) atoms. The van der Waals surface area contributed by atoms with Gasteiger partial charge >= 0.3 is 0 Å². The van der Waals surface area contributed by atoms with Crippen molar-refractivity contribution in [3.05, 3.63) is 41.6 Å². The summed E-state index contributed by atoms with van der Waals surface area (Å²) in [5, 5.41) is 0. The number of fused-ring (bicyclic) bond motifs is 1. The van der Waals surface area contributed by atoms with Crippen LogP contribution in [0.2, 0.25) is 0 Å². The number of benzene rings is 1. The Labute approximate surface area is 154 Å². The molecule has 0 fully saturated rings. The van der Waals surface area contributed by atoms with Crippen molar-refractivity contribution in [2.45, 2.75) is 26.3 Å². The van der Waals surface area contributed by atoms with Gasteiger partial charge in [-0.25, -0.2) is 9.97 Å². The van der Waals surface area contributed by atoms with Crippen LogP contribution >= 0.6 is 0 Å². The van der Waals surface area contributed by atoms with Crippen molar-refractivity contribution in [3.63, 3.8) is 0 Å². The fourth-order valence-electron chi connectivity index (χ4n) is 3.17. The number of hydrogen-bond acceptors (Lipinski definition) is 5. The van der Waals surface area contributed by atoms with E-state index in [4.69, 9.17) is 14.7 Å². The van der Waals surface area contributed by atoms with Gasteiger partial charge in [0.05, 0.1) is 25.3 Å². The third-order valence-electron chi connectivity index (χ3n) is 4.52. The van der Waals surface area contributed by atoms with Crippen LogP contribution in [-0.2, 0) is 22.5 Å². The van der Waals surface area contributed by atoms with Gasteiger partial charge < -0.3 is 14.5 Å². The molecule has 0 aliphatic carbocycles. The number of hydrogen-bond donors (Lipinski definition) is 0. The highest BCUT2D eigenvalue weighted by atomic mass is 16.5. The predicted octanol–water partition coefficient (Wildman–Crippen LogP) is 2.52. The van der Waals surface area contributed by atoms with E-state index < -0.39 is 0 Å². The van der Waals surface area contributed by atoms with E-state index in [0.29, 0.717) is 38.5 Å². The van der Waals surface area contributed by atoms with Gasteiger partial charge in [-0.2, -0.15) is 0 Å². The molecule has 0 radical (unpaired) electrons. The van der Waals surface area contributed by atoms with Crippen LogP contribution in [0.15, 0.2) is 30.3 Å². The molecule has 0 saturated carbocycles. The molecule has 0 saturated heterocycles. The summed E-state index contributed by atoms with van der Waals surface area (Å²) >= 11 is 0. The summed E-state index contributed by atoms with van der Waals surface area (Å²) in [4.78, 5) is 25.9. The quantitative estimate of drug-likeness (QED) is 0.746. The zero-order valence-electron chi connectivity index (χ0n) is 15.7. The molecule has 0 atom stereocenters. The van der Waals surface area contributed by atoms with Crippen LogP contribution in [0.4, 0.5) is 5.82 Å². The van der Waals surface area contributed by atoms with E-state index in [2.05, 4.69) is 0 Å². The summed E-state index contributed by atoms with van der Waals surface area (Å²) in [5.41, 5.74) is 3.07. The predicted molar refractivity (Wildman–Crippen MR) is 102 cm³/mol. The number of anilines is 1. The van der Waals surface area contributed by atoms with Gasteiger partial charge in [0.25, 0.3) is 0 Å². The Morgan fingerprint density at radius 1 is 1.23 bits per heavy atom. The van der Waals surface area contributed by atoms with E-state index >= 15 is 0 Å². The van der Waals surface area contributed by atoms with E-state index in [1.807, 2.05) is 61.2 Å². The third-order valence-corrected chi connectivity index (χ3v) is 4.52. The SMILES string of the molecule is CCOCCC(=O)N1CCc2c(nc(-c3ccccc3)nc2N(C)C)C1. The molecule has 2 heterocycles. The summed E-state index contributed by atoms with van der Waals surface area (Å²) in [6, 6.07) is 9.96. The lowest BCUT2D eigenvalue weighted by Gasteiger charge is -2.30. The van der Waals surface area contributed by atoms with E-state index in [0.717, 1.165) is 29.1 Å². The molecule has 0 spiro atoms. The maximum Gasteiger partial charge on any atom is 0.225 e. The maximum absolute atomic E-state index is 12.4.